The van der Waals surface area contributed by atoms with Crippen molar-refractivity contribution in [2.45, 2.75) is 39.3 Å². The zero-order valence-electron chi connectivity index (χ0n) is 13.3. The van der Waals surface area contributed by atoms with E-state index in [0.29, 0.717) is 10.9 Å². The molecule has 1 aromatic carbocycles. The molecule has 2 aromatic rings. The van der Waals surface area contributed by atoms with Gasteiger partial charge in [0, 0.05) is 0 Å². The lowest BCUT2D eigenvalue weighted by Gasteiger charge is -2.22. The Kier molecular flexibility index (Phi) is 4.07. The van der Waals surface area contributed by atoms with Crippen molar-refractivity contribution in [1.29, 1.82) is 0 Å². The molecule has 0 atom stereocenters. The number of hydrogen-bond donors (Lipinski definition) is 0. The third-order valence-corrected chi connectivity index (χ3v) is 4.02. The molecular formula is C14H21FN2O2Si2. The van der Waals surface area contributed by atoms with Crippen LogP contribution in [0.4, 0.5) is 4.39 Å². The van der Waals surface area contributed by atoms with Gasteiger partial charge in [-0.05, 0) is 51.4 Å². The second-order valence-electron chi connectivity index (χ2n) is 6.87. The SMILES string of the molecule is C[Si](C)(C)Oc1nc(O[Si](C)(C)C)c2c(F)cccc2n1. The van der Waals surface area contributed by atoms with Gasteiger partial charge >= 0.3 is 6.01 Å². The van der Waals surface area contributed by atoms with Gasteiger partial charge in [-0.2, -0.15) is 9.97 Å². The predicted molar refractivity (Wildman–Crippen MR) is 87.4 cm³/mol. The highest BCUT2D eigenvalue weighted by Crippen LogP contribution is 2.29. The summed E-state index contributed by atoms with van der Waals surface area (Å²) in [4.78, 5) is 8.62. The lowest BCUT2D eigenvalue weighted by Crippen LogP contribution is -2.32. The third-order valence-electron chi connectivity index (χ3n) is 2.42. The predicted octanol–water partition coefficient (Wildman–Crippen LogP) is 4.20. The van der Waals surface area contributed by atoms with Gasteiger partial charge < -0.3 is 8.85 Å². The molecule has 0 radical (unpaired) electrons. The van der Waals surface area contributed by atoms with E-state index in [1.165, 1.54) is 6.07 Å². The van der Waals surface area contributed by atoms with Crippen LogP contribution in [0.25, 0.3) is 10.9 Å². The minimum Gasteiger partial charge on any atom is -0.531 e. The van der Waals surface area contributed by atoms with Gasteiger partial charge in [0.2, 0.25) is 22.5 Å². The summed E-state index contributed by atoms with van der Waals surface area (Å²) in [6.45, 7) is 12.2. The van der Waals surface area contributed by atoms with E-state index in [1.807, 2.05) is 39.3 Å². The largest absolute Gasteiger partial charge is 0.531 e. The molecule has 0 bridgehead atoms. The summed E-state index contributed by atoms with van der Waals surface area (Å²) in [6, 6.07) is 5.03. The fraction of sp³-hybridized carbons (Fsp3) is 0.429. The summed E-state index contributed by atoms with van der Waals surface area (Å²) in [5.41, 5.74) is 0.506. The standard InChI is InChI=1S/C14H21FN2O2Si2/c1-20(2,3)18-13-12-10(15)8-7-9-11(12)16-14(17-13)19-21(4,5)6/h7-9H,1-6H3. The Hall–Kier alpha value is -1.48. The van der Waals surface area contributed by atoms with E-state index < -0.39 is 16.6 Å². The van der Waals surface area contributed by atoms with Crippen LogP contribution in [0.3, 0.4) is 0 Å². The van der Waals surface area contributed by atoms with E-state index in [-0.39, 0.29) is 17.7 Å². The fourth-order valence-corrected chi connectivity index (χ4v) is 3.14. The fourth-order valence-electron chi connectivity index (χ4n) is 1.77. The van der Waals surface area contributed by atoms with E-state index in [2.05, 4.69) is 9.97 Å². The van der Waals surface area contributed by atoms with Gasteiger partial charge in [-0.15, -0.1) is 0 Å². The Morgan fingerprint density at radius 3 is 2.10 bits per heavy atom. The number of rotatable bonds is 4. The molecule has 114 valence electrons. The first-order valence-electron chi connectivity index (χ1n) is 6.89. The maximum atomic E-state index is 14.1. The number of hydrogen-bond acceptors (Lipinski definition) is 4. The second-order valence-corrected chi connectivity index (χ2v) is 15.7. The van der Waals surface area contributed by atoms with Crippen molar-refractivity contribution in [3.8, 4) is 11.9 Å². The van der Waals surface area contributed by atoms with Crippen molar-refractivity contribution in [3.05, 3.63) is 24.0 Å². The van der Waals surface area contributed by atoms with Crippen LogP contribution in [0.5, 0.6) is 11.9 Å². The molecule has 0 saturated heterocycles. The van der Waals surface area contributed by atoms with Gasteiger partial charge in [0.1, 0.15) is 5.82 Å². The molecule has 0 aliphatic rings. The van der Waals surface area contributed by atoms with Crippen molar-refractivity contribution in [3.63, 3.8) is 0 Å². The molecule has 0 amide bonds. The van der Waals surface area contributed by atoms with Crippen LogP contribution in [-0.4, -0.2) is 26.6 Å². The van der Waals surface area contributed by atoms with Crippen LogP contribution in [-0.2, 0) is 0 Å². The molecule has 0 unspecified atom stereocenters. The lowest BCUT2D eigenvalue weighted by atomic mass is 10.2. The summed E-state index contributed by atoms with van der Waals surface area (Å²) >= 11 is 0. The minimum absolute atomic E-state index is 0.264. The van der Waals surface area contributed by atoms with E-state index in [0.717, 1.165) is 0 Å². The first-order valence-corrected chi connectivity index (χ1v) is 13.7. The number of fused-ring (bicyclic) bond motifs is 1. The summed E-state index contributed by atoms with van der Waals surface area (Å²) in [7, 11) is -3.76. The van der Waals surface area contributed by atoms with Crippen LogP contribution in [0, 0.1) is 5.82 Å². The maximum Gasteiger partial charge on any atom is 0.306 e. The number of benzene rings is 1. The Labute approximate surface area is 126 Å². The molecule has 1 aromatic heterocycles. The van der Waals surface area contributed by atoms with E-state index in [4.69, 9.17) is 8.85 Å². The molecule has 1 heterocycles. The van der Waals surface area contributed by atoms with Crippen LogP contribution in [0.2, 0.25) is 39.3 Å². The summed E-state index contributed by atoms with van der Waals surface area (Å²) in [5, 5.41) is 0.322. The Balaban J connectivity index is 2.61. The minimum atomic E-state index is -1.92. The second kappa shape index (κ2) is 5.38. The van der Waals surface area contributed by atoms with Crippen molar-refractivity contribution in [1.82, 2.24) is 9.97 Å². The molecule has 0 spiro atoms. The van der Waals surface area contributed by atoms with Gasteiger partial charge in [-0.3, -0.25) is 0 Å². The number of halogens is 1. The van der Waals surface area contributed by atoms with E-state index in [1.54, 1.807) is 12.1 Å². The molecule has 0 aliphatic carbocycles. The Morgan fingerprint density at radius 2 is 1.52 bits per heavy atom. The normalized spacial score (nSPS) is 12.5. The molecule has 0 aliphatic heterocycles. The average molecular weight is 325 g/mol. The van der Waals surface area contributed by atoms with Gasteiger partial charge in [0.25, 0.3) is 0 Å². The zero-order chi connectivity index (χ0) is 15.8. The Bertz CT molecular complexity index is 666. The van der Waals surface area contributed by atoms with Gasteiger partial charge in [-0.25, -0.2) is 4.39 Å². The molecule has 0 fully saturated rings. The summed E-state index contributed by atoms with van der Waals surface area (Å²) in [5.74, 6) is -0.0918. The first kappa shape index (κ1) is 15.9. The molecule has 7 heteroatoms. The molecule has 0 N–H and O–H groups in total. The highest BCUT2D eigenvalue weighted by atomic mass is 28.4. The molecular weight excluding hydrogens is 303 g/mol. The first-order chi connectivity index (χ1) is 9.55. The number of aromatic nitrogens is 2. The quantitative estimate of drug-likeness (QED) is 0.791. The van der Waals surface area contributed by atoms with Crippen molar-refractivity contribution < 1.29 is 13.2 Å². The van der Waals surface area contributed by atoms with E-state index >= 15 is 0 Å². The molecule has 2 rings (SSSR count). The van der Waals surface area contributed by atoms with E-state index in [9.17, 15) is 4.39 Å². The van der Waals surface area contributed by atoms with Crippen LogP contribution in [0.15, 0.2) is 18.2 Å². The molecule has 4 nitrogen and oxygen atoms in total. The monoisotopic (exact) mass is 324 g/mol. The molecule has 21 heavy (non-hydrogen) atoms. The highest BCUT2D eigenvalue weighted by Gasteiger charge is 2.24. The average Bonchev–Trinajstić information content (AvgIpc) is 2.23. The lowest BCUT2D eigenvalue weighted by molar-refractivity contribution is 0.480. The topological polar surface area (TPSA) is 44.2 Å². The molecule has 0 saturated carbocycles. The maximum absolute atomic E-state index is 14.1. The van der Waals surface area contributed by atoms with Crippen LogP contribution in [0.1, 0.15) is 0 Å². The van der Waals surface area contributed by atoms with Crippen molar-refractivity contribution >= 4 is 27.5 Å². The summed E-state index contributed by atoms with van der Waals surface area (Å²) in [6.07, 6.45) is 0. The van der Waals surface area contributed by atoms with Crippen LogP contribution < -0.4 is 8.85 Å². The van der Waals surface area contributed by atoms with Crippen molar-refractivity contribution in [2.75, 3.05) is 0 Å². The summed E-state index contributed by atoms with van der Waals surface area (Å²) < 4.78 is 25.9. The smallest absolute Gasteiger partial charge is 0.306 e. The van der Waals surface area contributed by atoms with Gasteiger partial charge in [0.15, 0.2) is 0 Å². The van der Waals surface area contributed by atoms with Gasteiger partial charge in [-0.1, -0.05) is 6.07 Å². The third kappa shape index (κ3) is 4.24. The van der Waals surface area contributed by atoms with Crippen molar-refractivity contribution in [2.24, 2.45) is 0 Å². The Morgan fingerprint density at radius 1 is 0.905 bits per heavy atom. The van der Waals surface area contributed by atoms with Crippen LogP contribution >= 0.6 is 0 Å². The number of nitrogens with zero attached hydrogens (tertiary/aromatic N) is 2. The zero-order valence-corrected chi connectivity index (χ0v) is 15.3. The highest BCUT2D eigenvalue weighted by molar-refractivity contribution is 6.70. The van der Waals surface area contributed by atoms with Gasteiger partial charge in [0.05, 0.1) is 10.9 Å².